The summed E-state index contributed by atoms with van der Waals surface area (Å²) in [6.45, 7) is 0.201. The van der Waals surface area contributed by atoms with Crippen LogP contribution in [0.15, 0.2) is 36.4 Å². The third-order valence-electron chi connectivity index (χ3n) is 2.99. The van der Waals surface area contributed by atoms with Crippen LogP contribution in [0, 0.1) is 0 Å². The van der Waals surface area contributed by atoms with E-state index in [1.807, 2.05) is 0 Å². The van der Waals surface area contributed by atoms with Crippen molar-refractivity contribution in [1.82, 2.24) is 5.32 Å². The van der Waals surface area contributed by atoms with Crippen LogP contribution >= 0.6 is 22.9 Å². The number of carbonyl (C=O) groups excluding carboxylic acids is 1. The molecule has 2 rings (SSSR count). The van der Waals surface area contributed by atoms with Crippen LogP contribution in [0.25, 0.3) is 0 Å². The minimum Gasteiger partial charge on any atom is -0.406 e. The Balaban J connectivity index is 1.94. The molecule has 0 spiro atoms. The summed E-state index contributed by atoms with van der Waals surface area (Å²) in [4.78, 5) is 12.9. The number of nitrogens with one attached hydrogen (secondary N) is 1. The Morgan fingerprint density at radius 3 is 2.42 bits per heavy atom. The minimum absolute atomic E-state index is 0.201. The van der Waals surface area contributed by atoms with Crippen LogP contribution < -0.4 is 10.1 Å². The maximum absolute atomic E-state index is 12.1. The first-order chi connectivity index (χ1) is 11.3. The summed E-state index contributed by atoms with van der Waals surface area (Å²) in [5.74, 6) is -0.819. The van der Waals surface area contributed by atoms with Crippen LogP contribution in [-0.4, -0.2) is 25.9 Å². The Bertz CT molecular complexity index is 688. The molecule has 0 aliphatic carbocycles. The highest BCUT2D eigenvalue weighted by atomic mass is 35.5. The largest absolute Gasteiger partial charge is 0.573 e. The van der Waals surface area contributed by atoms with Gasteiger partial charge in [-0.05, 0) is 36.4 Å². The fourth-order valence-corrected chi connectivity index (χ4v) is 3.04. The molecule has 130 valence electrons. The summed E-state index contributed by atoms with van der Waals surface area (Å²) >= 11 is 7.21. The molecule has 0 radical (unpaired) electrons. The van der Waals surface area contributed by atoms with Crippen LogP contribution in [0.1, 0.15) is 21.3 Å². The second-order valence-electron chi connectivity index (χ2n) is 4.65. The van der Waals surface area contributed by atoms with Crippen LogP contribution in [0.3, 0.4) is 0 Å². The van der Waals surface area contributed by atoms with Gasteiger partial charge in [0.05, 0.1) is 4.34 Å². The van der Waals surface area contributed by atoms with Crippen molar-refractivity contribution in [1.29, 1.82) is 0 Å². The number of alkyl halides is 3. The van der Waals surface area contributed by atoms with E-state index >= 15 is 0 Å². The lowest BCUT2D eigenvalue weighted by Gasteiger charge is -2.15. The van der Waals surface area contributed by atoms with E-state index in [2.05, 4.69) is 10.1 Å². The average molecular weight is 380 g/mol. The molecule has 0 fully saturated rings. The molecule has 0 unspecified atom stereocenters. The van der Waals surface area contributed by atoms with Crippen molar-refractivity contribution in [2.45, 2.75) is 12.5 Å². The SMILES string of the molecule is CO[C@@H](CNC(=O)c1ccc(OC(F)(F)F)cc1)c1ccc(Cl)s1. The summed E-state index contributed by atoms with van der Waals surface area (Å²) < 4.78 is 45.9. The van der Waals surface area contributed by atoms with Gasteiger partial charge >= 0.3 is 6.36 Å². The molecule has 1 heterocycles. The second-order valence-corrected chi connectivity index (χ2v) is 6.40. The van der Waals surface area contributed by atoms with Gasteiger partial charge in [0.1, 0.15) is 11.9 Å². The highest BCUT2D eigenvalue weighted by molar-refractivity contribution is 7.16. The number of methoxy groups -OCH3 is 1. The molecule has 9 heteroatoms. The summed E-state index contributed by atoms with van der Waals surface area (Å²) in [6, 6.07) is 8.19. The molecule has 1 amide bonds. The van der Waals surface area contributed by atoms with Gasteiger partial charge in [0.25, 0.3) is 5.91 Å². The van der Waals surface area contributed by atoms with E-state index in [1.54, 1.807) is 12.1 Å². The second kappa shape index (κ2) is 7.87. The predicted octanol–water partition coefficient (Wildman–Crippen LogP) is 4.42. The lowest BCUT2D eigenvalue weighted by Crippen LogP contribution is -2.28. The van der Waals surface area contributed by atoms with Gasteiger partial charge in [0.15, 0.2) is 0 Å². The van der Waals surface area contributed by atoms with Crippen molar-refractivity contribution in [2.75, 3.05) is 13.7 Å². The van der Waals surface area contributed by atoms with E-state index in [0.29, 0.717) is 4.34 Å². The first-order valence-electron chi connectivity index (χ1n) is 6.70. The van der Waals surface area contributed by atoms with Crippen molar-refractivity contribution in [3.8, 4) is 5.75 Å². The third-order valence-corrected chi connectivity index (χ3v) is 4.32. The zero-order valence-corrected chi connectivity index (χ0v) is 14.0. The van der Waals surface area contributed by atoms with Crippen LogP contribution in [0.5, 0.6) is 5.75 Å². The standard InChI is InChI=1S/C15H13ClF3NO3S/c1-22-11(12-6-7-13(16)24-12)8-20-14(21)9-2-4-10(5-3-9)23-15(17,18)19/h2-7,11H,8H2,1H3,(H,20,21)/t11-/m0/s1. The monoisotopic (exact) mass is 379 g/mol. The van der Waals surface area contributed by atoms with Crippen molar-refractivity contribution < 1.29 is 27.4 Å². The molecule has 0 aliphatic heterocycles. The quantitative estimate of drug-likeness (QED) is 0.808. The summed E-state index contributed by atoms with van der Waals surface area (Å²) in [5.41, 5.74) is 0.212. The smallest absolute Gasteiger partial charge is 0.406 e. The molecular weight excluding hydrogens is 367 g/mol. The van der Waals surface area contributed by atoms with Gasteiger partial charge < -0.3 is 14.8 Å². The molecule has 0 bridgehead atoms. The molecule has 1 aromatic carbocycles. The third kappa shape index (κ3) is 5.40. The van der Waals surface area contributed by atoms with E-state index in [0.717, 1.165) is 17.0 Å². The van der Waals surface area contributed by atoms with Gasteiger partial charge in [-0.3, -0.25) is 4.79 Å². The van der Waals surface area contributed by atoms with Crippen molar-refractivity contribution in [3.63, 3.8) is 0 Å². The van der Waals surface area contributed by atoms with Gasteiger partial charge in [0.2, 0.25) is 0 Å². The van der Waals surface area contributed by atoms with E-state index in [-0.39, 0.29) is 24.0 Å². The van der Waals surface area contributed by atoms with E-state index in [4.69, 9.17) is 16.3 Å². The molecule has 24 heavy (non-hydrogen) atoms. The Hall–Kier alpha value is -1.77. The first kappa shape index (κ1) is 18.6. The lowest BCUT2D eigenvalue weighted by atomic mass is 10.2. The number of rotatable bonds is 6. The molecule has 0 saturated heterocycles. The highest BCUT2D eigenvalue weighted by Gasteiger charge is 2.31. The van der Waals surface area contributed by atoms with Crippen LogP contribution in [-0.2, 0) is 4.74 Å². The Labute approximate surface area is 145 Å². The fourth-order valence-electron chi connectivity index (χ4n) is 1.90. The fraction of sp³-hybridized carbons (Fsp3) is 0.267. The average Bonchev–Trinajstić information content (AvgIpc) is 2.93. The number of hydrogen-bond donors (Lipinski definition) is 1. The Morgan fingerprint density at radius 1 is 1.25 bits per heavy atom. The number of halogens is 4. The van der Waals surface area contributed by atoms with E-state index in [9.17, 15) is 18.0 Å². The number of ether oxygens (including phenoxy) is 2. The molecule has 1 N–H and O–H groups in total. The molecule has 0 saturated carbocycles. The molecule has 4 nitrogen and oxygen atoms in total. The number of carbonyl (C=O) groups is 1. The van der Waals surface area contributed by atoms with Crippen molar-refractivity contribution in [3.05, 3.63) is 51.2 Å². The van der Waals surface area contributed by atoms with Crippen molar-refractivity contribution >= 4 is 28.8 Å². The first-order valence-corrected chi connectivity index (χ1v) is 7.90. The topological polar surface area (TPSA) is 47.6 Å². The van der Waals surface area contributed by atoms with Gasteiger partial charge in [-0.15, -0.1) is 24.5 Å². The highest BCUT2D eigenvalue weighted by Crippen LogP contribution is 2.28. The van der Waals surface area contributed by atoms with Gasteiger partial charge in [-0.25, -0.2) is 0 Å². The maximum atomic E-state index is 12.1. The summed E-state index contributed by atoms with van der Waals surface area (Å²) in [5, 5.41) is 2.66. The number of amides is 1. The molecule has 1 aromatic heterocycles. The molecule has 0 aliphatic rings. The van der Waals surface area contributed by atoms with E-state index in [1.165, 1.54) is 30.6 Å². The van der Waals surface area contributed by atoms with Crippen molar-refractivity contribution in [2.24, 2.45) is 0 Å². The maximum Gasteiger partial charge on any atom is 0.573 e. The normalized spacial score (nSPS) is 12.7. The van der Waals surface area contributed by atoms with Gasteiger partial charge in [-0.2, -0.15) is 0 Å². The molecule has 1 atom stereocenters. The number of thiophene rings is 1. The predicted molar refractivity (Wildman–Crippen MR) is 84.5 cm³/mol. The molecular formula is C15H13ClF3NO3S. The molecule has 2 aromatic rings. The summed E-state index contributed by atoms with van der Waals surface area (Å²) in [7, 11) is 1.51. The zero-order valence-electron chi connectivity index (χ0n) is 12.4. The minimum atomic E-state index is -4.77. The number of hydrogen-bond acceptors (Lipinski definition) is 4. The zero-order chi connectivity index (χ0) is 17.7. The Morgan fingerprint density at radius 2 is 1.92 bits per heavy atom. The van der Waals surface area contributed by atoms with Gasteiger partial charge in [-0.1, -0.05) is 11.6 Å². The Kier molecular flexibility index (Phi) is 6.09. The number of benzene rings is 1. The van der Waals surface area contributed by atoms with Crippen LogP contribution in [0.4, 0.5) is 13.2 Å². The van der Waals surface area contributed by atoms with Crippen LogP contribution in [0.2, 0.25) is 4.34 Å². The summed E-state index contributed by atoms with van der Waals surface area (Å²) in [6.07, 6.45) is -5.13. The van der Waals surface area contributed by atoms with Gasteiger partial charge in [0, 0.05) is 24.1 Å². The lowest BCUT2D eigenvalue weighted by molar-refractivity contribution is -0.274. The van der Waals surface area contributed by atoms with E-state index < -0.39 is 12.3 Å².